The normalized spacial score (nSPS) is 20.7. The molecule has 5 rings (SSSR count). The fraction of sp³-hybridized carbons (Fsp3) is 0.360. The van der Waals surface area contributed by atoms with Gasteiger partial charge in [-0.3, -0.25) is 9.48 Å². The third-order valence-corrected chi connectivity index (χ3v) is 7.20. The molecule has 0 spiro atoms. The summed E-state index contributed by atoms with van der Waals surface area (Å²) in [5.74, 6) is 0.315. The van der Waals surface area contributed by atoms with E-state index in [9.17, 15) is 19.1 Å². The van der Waals surface area contributed by atoms with E-state index >= 15 is 0 Å². The van der Waals surface area contributed by atoms with Gasteiger partial charge in [-0.1, -0.05) is 0 Å². The Labute approximate surface area is 215 Å². The van der Waals surface area contributed by atoms with Gasteiger partial charge in [0, 0.05) is 49.7 Å². The van der Waals surface area contributed by atoms with Crippen molar-refractivity contribution in [3.05, 3.63) is 64.1 Å². The first kappa shape index (κ1) is 24.2. The zero-order chi connectivity index (χ0) is 25.8. The summed E-state index contributed by atoms with van der Waals surface area (Å²) in [4.78, 5) is 30.7. The van der Waals surface area contributed by atoms with Crippen LogP contribution in [0.4, 0.5) is 9.18 Å². The Bertz CT molecular complexity index is 1330. The van der Waals surface area contributed by atoms with Crippen molar-refractivity contribution in [3.63, 3.8) is 0 Å². The maximum atomic E-state index is 13.5. The highest BCUT2D eigenvalue weighted by Gasteiger charge is 2.59. The molecule has 1 aromatic carbocycles. The van der Waals surface area contributed by atoms with Crippen LogP contribution in [0.25, 0.3) is 11.3 Å². The molecule has 36 heavy (non-hydrogen) atoms. The van der Waals surface area contributed by atoms with Crippen LogP contribution in [-0.2, 0) is 12.6 Å². The molecule has 2 fully saturated rings. The number of rotatable bonds is 6. The van der Waals surface area contributed by atoms with Gasteiger partial charge in [-0.2, -0.15) is 5.10 Å². The van der Waals surface area contributed by atoms with E-state index < -0.39 is 11.6 Å². The molecule has 3 aromatic rings. The summed E-state index contributed by atoms with van der Waals surface area (Å²) >= 11 is 3.30. The first-order valence-corrected chi connectivity index (χ1v) is 12.3. The number of hydrogen-bond acceptors (Lipinski definition) is 5. The Morgan fingerprint density at radius 3 is 2.42 bits per heavy atom. The van der Waals surface area contributed by atoms with E-state index in [1.807, 2.05) is 4.90 Å². The number of carboxylic acid groups (broad SMARTS) is 1. The predicted molar refractivity (Wildman–Crippen MR) is 132 cm³/mol. The molecule has 1 saturated carbocycles. The minimum atomic E-state index is -1.15. The van der Waals surface area contributed by atoms with E-state index in [4.69, 9.17) is 4.74 Å². The van der Waals surface area contributed by atoms with E-state index in [2.05, 4.69) is 31.3 Å². The standard InChI is InChI=1S/C25H25BrFN5O4/c1-25(2,29-24(34)35)14-8-18(13-4-6-15(27)7-5-13)28-21(9-14)36-22-16-11-32(12-17(16)22)23(33)19-10-20(26)30-31(19)3/h4-10,16-17,22,29H,11-12H2,1-3H3,(H,34,35)/t16-,17+,22-. The lowest BCUT2D eigenvalue weighted by atomic mass is 9.93. The second-order valence-corrected chi connectivity index (χ2v) is 10.6. The number of pyridine rings is 1. The van der Waals surface area contributed by atoms with Crippen LogP contribution in [0.2, 0.25) is 0 Å². The van der Waals surface area contributed by atoms with E-state index in [-0.39, 0.29) is 29.7 Å². The lowest BCUT2D eigenvalue weighted by Crippen LogP contribution is -2.40. The fourth-order valence-corrected chi connectivity index (χ4v) is 5.24. The van der Waals surface area contributed by atoms with E-state index in [1.165, 1.54) is 12.1 Å². The summed E-state index contributed by atoms with van der Waals surface area (Å²) < 4.78 is 21.9. The lowest BCUT2D eigenvalue weighted by molar-refractivity contribution is 0.0740. The maximum absolute atomic E-state index is 13.5. The van der Waals surface area contributed by atoms with Crippen molar-refractivity contribution < 1.29 is 23.8 Å². The van der Waals surface area contributed by atoms with E-state index in [0.29, 0.717) is 46.1 Å². The molecule has 11 heteroatoms. The zero-order valence-corrected chi connectivity index (χ0v) is 21.5. The number of piperidine rings is 1. The SMILES string of the molecule is Cn1nc(Br)cc1C(=O)N1C[C@@H]2[C@H](C1)[C@@H]2Oc1cc(C(C)(C)NC(=O)O)cc(-c2ccc(F)cc2)n1. The lowest BCUT2D eigenvalue weighted by Gasteiger charge is -2.26. The number of nitrogens with one attached hydrogen (secondary N) is 1. The second kappa shape index (κ2) is 8.88. The molecule has 188 valence electrons. The van der Waals surface area contributed by atoms with Crippen molar-refractivity contribution in [2.75, 3.05) is 13.1 Å². The topological polar surface area (TPSA) is 110 Å². The van der Waals surface area contributed by atoms with Crippen LogP contribution in [0.3, 0.4) is 0 Å². The number of halogens is 2. The molecule has 0 unspecified atom stereocenters. The van der Waals surface area contributed by atoms with Crippen molar-refractivity contribution in [2.24, 2.45) is 18.9 Å². The molecule has 3 heterocycles. The van der Waals surface area contributed by atoms with Gasteiger partial charge >= 0.3 is 6.09 Å². The molecule has 1 aliphatic carbocycles. The Balaban J connectivity index is 1.35. The minimum Gasteiger partial charge on any atom is -0.474 e. The van der Waals surface area contributed by atoms with Crippen molar-refractivity contribution >= 4 is 27.9 Å². The number of nitrogens with zero attached hydrogens (tertiary/aromatic N) is 4. The van der Waals surface area contributed by atoms with Gasteiger partial charge in [0.25, 0.3) is 5.91 Å². The summed E-state index contributed by atoms with van der Waals surface area (Å²) in [7, 11) is 1.73. The highest BCUT2D eigenvalue weighted by atomic mass is 79.9. The fourth-order valence-electron chi connectivity index (χ4n) is 4.78. The summed E-state index contributed by atoms with van der Waals surface area (Å²) in [6.07, 6.45) is -1.24. The van der Waals surface area contributed by atoms with Crippen LogP contribution in [-0.4, -0.2) is 56.0 Å². The highest BCUT2D eigenvalue weighted by Crippen LogP contribution is 2.48. The predicted octanol–water partition coefficient (Wildman–Crippen LogP) is 4.04. The molecule has 3 atom stereocenters. The van der Waals surface area contributed by atoms with Crippen LogP contribution in [0.1, 0.15) is 29.9 Å². The number of carbonyl (C=O) groups is 2. The maximum Gasteiger partial charge on any atom is 0.405 e. The number of hydrogen-bond donors (Lipinski definition) is 2. The smallest absolute Gasteiger partial charge is 0.405 e. The van der Waals surface area contributed by atoms with Gasteiger partial charge in [0.1, 0.15) is 22.2 Å². The van der Waals surface area contributed by atoms with Gasteiger partial charge in [0.05, 0.1) is 11.2 Å². The van der Waals surface area contributed by atoms with Gasteiger partial charge < -0.3 is 20.1 Å². The number of benzene rings is 1. The van der Waals surface area contributed by atoms with Crippen molar-refractivity contribution in [2.45, 2.75) is 25.5 Å². The Hall–Kier alpha value is -3.47. The quantitative estimate of drug-likeness (QED) is 0.473. The first-order valence-electron chi connectivity index (χ1n) is 11.5. The second-order valence-electron chi connectivity index (χ2n) is 9.74. The molecular weight excluding hydrogens is 533 g/mol. The van der Waals surface area contributed by atoms with Gasteiger partial charge in [0.15, 0.2) is 0 Å². The van der Waals surface area contributed by atoms with Crippen LogP contribution < -0.4 is 10.1 Å². The summed E-state index contributed by atoms with van der Waals surface area (Å²) in [6, 6.07) is 11.2. The Morgan fingerprint density at radius 2 is 1.83 bits per heavy atom. The molecule has 2 N–H and O–H groups in total. The van der Waals surface area contributed by atoms with Crippen LogP contribution in [0, 0.1) is 17.7 Å². The number of ether oxygens (including phenoxy) is 1. The van der Waals surface area contributed by atoms with Crippen LogP contribution in [0.5, 0.6) is 5.88 Å². The number of amides is 2. The zero-order valence-electron chi connectivity index (χ0n) is 19.9. The van der Waals surface area contributed by atoms with Crippen LogP contribution >= 0.6 is 15.9 Å². The number of fused-ring (bicyclic) bond motifs is 1. The number of likely N-dealkylation sites (tertiary alicyclic amines) is 1. The third kappa shape index (κ3) is 4.67. The van der Waals surface area contributed by atoms with Crippen molar-refractivity contribution in [3.8, 4) is 17.1 Å². The summed E-state index contributed by atoms with van der Waals surface area (Å²) in [5.41, 5.74) is 1.50. The average molecular weight is 558 g/mol. The average Bonchev–Trinajstić information content (AvgIpc) is 3.11. The molecule has 0 bridgehead atoms. The van der Waals surface area contributed by atoms with Crippen LogP contribution in [0.15, 0.2) is 47.1 Å². The first-order chi connectivity index (χ1) is 17.0. The molecule has 1 aliphatic heterocycles. The third-order valence-electron chi connectivity index (χ3n) is 6.81. The van der Waals surface area contributed by atoms with Gasteiger partial charge in [-0.25, -0.2) is 14.2 Å². The molecule has 1 saturated heterocycles. The largest absolute Gasteiger partial charge is 0.474 e. The minimum absolute atomic E-state index is 0.0677. The molecule has 2 aromatic heterocycles. The molecular formula is C25H25BrFN5O4. The molecule has 9 nitrogen and oxygen atoms in total. The van der Waals surface area contributed by atoms with E-state index in [1.54, 1.807) is 55.9 Å². The molecule has 2 aliphatic rings. The van der Waals surface area contributed by atoms with E-state index in [0.717, 1.165) is 0 Å². The monoisotopic (exact) mass is 557 g/mol. The molecule has 0 radical (unpaired) electrons. The Kier molecular flexibility index (Phi) is 5.98. The summed E-state index contributed by atoms with van der Waals surface area (Å²) in [5, 5.41) is 16.0. The van der Waals surface area contributed by atoms with Gasteiger partial charge in [-0.15, -0.1) is 0 Å². The molecule has 2 amide bonds. The highest BCUT2D eigenvalue weighted by molar-refractivity contribution is 9.10. The van der Waals surface area contributed by atoms with Crippen molar-refractivity contribution in [1.82, 2.24) is 25.0 Å². The van der Waals surface area contributed by atoms with Gasteiger partial charge in [0.2, 0.25) is 5.88 Å². The van der Waals surface area contributed by atoms with Gasteiger partial charge in [-0.05, 0) is 65.7 Å². The number of aryl methyl sites for hydroxylation is 1. The van der Waals surface area contributed by atoms with Crippen molar-refractivity contribution in [1.29, 1.82) is 0 Å². The number of carbonyl (C=O) groups excluding carboxylic acids is 1. The Morgan fingerprint density at radius 1 is 1.17 bits per heavy atom. The number of aromatic nitrogens is 3. The summed E-state index contributed by atoms with van der Waals surface area (Å²) in [6.45, 7) is 4.66.